The van der Waals surface area contributed by atoms with Crippen LogP contribution in [0.25, 0.3) is 0 Å². The number of ether oxygens (including phenoxy) is 1. The van der Waals surface area contributed by atoms with Crippen LogP contribution in [0.1, 0.15) is 56.7 Å². The molecule has 1 aliphatic rings. The van der Waals surface area contributed by atoms with Crippen molar-refractivity contribution in [2.24, 2.45) is 4.99 Å². The van der Waals surface area contributed by atoms with Crippen LogP contribution in [0.3, 0.4) is 0 Å². The maximum Gasteiger partial charge on any atom is 0.226 e. The molecule has 1 heterocycles. The fourth-order valence-electron chi connectivity index (χ4n) is 2.87. The largest absolute Gasteiger partial charge is 0.378 e. The van der Waals surface area contributed by atoms with E-state index in [1.54, 1.807) is 7.05 Å². The summed E-state index contributed by atoms with van der Waals surface area (Å²) in [6, 6.07) is 0. The number of aromatic nitrogens is 2. The molecule has 136 valence electrons. The first kappa shape index (κ1) is 18.7. The van der Waals surface area contributed by atoms with Crippen LogP contribution in [0.5, 0.6) is 0 Å². The number of nitrogens with zero attached hydrogens (tertiary/aromatic N) is 3. The summed E-state index contributed by atoms with van der Waals surface area (Å²) in [6.45, 7) is 4.34. The van der Waals surface area contributed by atoms with Crippen LogP contribution >= 0.6 is 0 Å². The molecule has 1 saturated carbocycles. The predicted octanol–water partition coefficient (Wildman–Crippen LogP) is 2.22. The highest BCUT2D eigenvalue weighted by molar-refractivity contribution is 5.79. The Labute approximate surface area is 144 Å². The molecule has 1 aromatic heterocycles. The van der Waals surface area contributed by atoms with Crippen molar-refractivity contribution in [1.29, 1.82) is 0 Å². The summed E-state index contributed by atoms with van der Waals surface area (Å²) in [5, 5.41) is 10.4. The second kappa shape index (κ2) is 11.0. The average Bonchev–Trinajstić information content (AvgIpc) is 3.02. The molecule has 0 radical (unpaired) electrons. The topological polar surface area (TPSA) is 84.6 Å². The summed E-state index contributed by atoms with van der Waals surface area (Å²) < 4.78 is 11.0. The van der Waals surface area contributed by atoms with Crippen molar-refractivity contribution in [3.8, 4) is 0 Å². The molecule has 0 spiro atoms. The minimum Gasteiger partial charge on any atom is -0.378 e. The standard InChI is InChI=1S/C17H31N5O2/c1-14-21-16(24-22-14)10-6-11-19-17(18-2)20-12-7-13-23-15-8-4-3-5-9-15/h15H,3-13H2,1-2H3,(H2,18,19,20). The van der Waals surface area contributed by atoms with Gasteiger partial charge in [-0.3, -0.25) is 4.99 Å². The molecule has 7 nitrogen and oxygen atoms in total. The quantitative estimate of drug-likeness (QED) is 0.408. The van der Waals surface area contributed by atoms with Crippen molar-refractivity contribution in [3.63, 3.8) is 0 Å². The fraction of sp³-hybridized carbons (Fsp3) is 0.824. The maximum absolute atomic E-state index is 5.92. The molecule has 2 N–H and O–H groups in total. The molecule has 0 bridgehead atoms. The van der Waals surface area contributed by atoms with E-state index in [0.717, 1.165) is 44.9 Å². The lowest BCUT2D eigenvalue weighted by atomic mass is 9.98. The van der Waals surface area contributed by atoms with Crippen LogP contribution in [-0.2, 0) is 11.2 Å². The molecule has 0 unspecified atom stereocenters. The van der Waals surface area contributed by atoms with Crippen LogP contribution in [-0.4, -0.2) is 48.9 Å². The highest BCUT2D eigenvalue weighted by Crippen LogP contribution is 2.20. The molecule has 1 fully saturated rings. The van der Waals surface area contributed by atoms with Crippen molar-refractivity contribution in [1.82, 2.24) is 20.8 Å². The molecule has 0 aliphatic heterocycles. The minimum atomic E-state index is 0.490. The van der Waals surface area contributed by atoms with Crippen LogP contribution < -0.4 is 10.6 Å². The second-order valence-corrected chi connectivity index (χ2v) is 6.25. The van der Waals surface area contributed by atoms with E-state index in [2.05, 4.69) is 25.8 Å². The number of aryl methyl sites for hydroxylation is 2. The number of nitrogens with one attached hydrogen (secondary N) is 2. The van der Waals surface area contributed by atoms with Crippen molar-refractivity contribution < 1.29 is 9.26 Å². The zero-order valence-corrected chi connectivity index (χ0v) is 15.0. The lowest BCUT2D eigenvalue weighted by molar-refractivity contribution is 0.0277. The number of aliphatic imine (C=N–C) groups is 1. The predicted molar refractivity (Wildman–Crippen MR) is 94.2 cm³/mol. The first-order valence-corrected chi connectivity index (χ1v) is 9.13. The number of hydrogen-bond donors (Lipinski definition) is 2. The van der Waals surface area contributed by atoms with E-state index in [4.69, 9.17) is 9.26 Å². The smallest absolute Gasteiger partial charge is 0.226 e. The van der Waals surface area contributed by atoms with Gasteiger partial charge in [0.15, 0.2) is 11.8 Å². The number of hydrogen-bond acceptors (Lipinski definition) is 5. The Hall–Kier alpha value is -1.63. The van der Waals surface area contributed by atoms with Crippen molar-refractivity contribution >= 4 is 5.96 Å². The van der Waals surface area contributed by atoms with E-state index in [1.807, 2.05) is 6.92 Å². The van der Waals surface area contributed by atoms with Gasteiger partial charge in [0.2, 0.25) is 5.89 Å². The van der Waals surface area contributed by atoms with E-state index in [-0.39, 0.29) is 0 Å². The van der Waals surface area contributed by atoms with Gasteiger partial charge < -0.3 is 19.9 Å². The summed E-state index contributed by atoms with van der Waals surface area (Å²) in [5.41, 5.74) is 0. The van der Waals surface area contributed by atoms with Crippen molar-refractivity contribution in [3.05, 3.63) is 11.7 Å². The Bertz CT molecular complexity index is 483. The summed E-state index contributed by atoms with van der Waals surface area (Å²) >= 11 is 0. The van der Waals surface area contributed by atoms with Gasteiger partial charge in [-0.25, -0.2) is 0 Å². The SMILES string of the molecule is CN=C(NCCCOC1CCCCC1)NCCCc1nc(C)no1. The lowest BCUT2D eigenvalue weighted by Crippen LogP contribution is -2.38. The molecule has 2 rings (SSSR count). The molecule has 1 aromatic rings. The zero-order chi connectivity index (χ0) is 17.0. The molecule has 0 saturated heterocycles. The summed E-state index contributed by atoms with van der Waals surface area (Å²) in [6.07, 6.45) is 9.67. The first-order chi connectivity index (χ1) is 11.8. The molecule has 7 heteroatoms. The third-order valence-corrected chi connectivity index (χ3v) is 4.17. The second-order valence-electron chi connectivity index (χ2n) is 6.25. The van der Waals surface area contributed by atoms with E-state index in [0.29, 0.717) is 17.8 Å². The van der Waals surface area contributed by atoms with E-state index in [9.17, 15) is 0 Å². The zero-order valence-electron chi connectivity index (χ0n) is 15.0. The fourth-order valence-corrected chi connectivity index (χ4v) is 2.87. The monoisotopic (exact) mass is 337 g/mol. The number of guanidine groups is 1. The van der Waals surface area contributed by atoms with E-state index >= 15 is 0 Å². The normalized spacial score (nSPS) is 16.3. The Morgan fingerprint density at radius 3 is 2.62 bits per heavy atom. The Kier molecular flexibility index (Phi) is 8.59. The van der Waals surface area contributed by atoms with Gasteiger partial charge >= 0.3 is 0 Å². The van der Waals surface area contributed by atoms with Crippen LogP contribution in [0.2, 0.25) is 0 Å². The van der Waals surface area contributed by atoms with Gasteiger partial charge in [0.25, 0.3) is 0 Å². The van der Waals surface area contributed by atoms with E-state index in [1.165, 1.54) is 32.1 Å². The molecular weight excluding hydrogens is 306 g/mol. The van der Waals surface area contributed by atoms with Gasteiger partial charge in [0, 0.05) is 33.2 Å². The molecule has 0 atom stereocenters. The Morgan fingerprint density at radius 1 is 1.21 bits per heavy atom. The highest BCUT2D eigenvalue weighted by Gasteiger charge is 2.12. The molecule has 24 heavy (non-hydrogen) atoms. The summed E-state index contributed by atoms with van der Waals surface area (Å²) in [7, 11) is 1.79. The molecule has 0 aromatic carbocycles. The van der Waals surface area contributed by atoms with Gasteiger partial charge in [0.1, 0.15) is 0 Å². The Morgan fingerprint density at radius 2 is 1.96 bits per heavy atom. The third kappa shape index (κ3) is 7.29. The first-order valence-electron chi connectivity index (χ1n) is 9.13. The average molecular weight is 337 g/mol. The molecule has 0 amide bonds. The van der Waals surface area contributed by atoms with E-state index < -0.39 is 0 Å². The molecular formula is C17H31N5O2. The van der Waals surface area contributed by atoms with Crippen LogP contribution in [0.4, 0.5) is 0 Å². The third-order valence-electron chi connectivity index (χ3n) is 4.17. The molecule has 1 aliphatic carbocycles. The van der Waals surface area contributed by atoms with Crippen molar-refractivity contribution in [2.75, 3.05) is 26.7 Å². The summed E-state index contributed by atoms with van der Waals surface area (Å²) in [5.74, 6) is 2.21. The number of rotatable bonds is 9. The maximum atomic E-state index is 5.92. The highest BCUT2D eigenvalue weighted by atomic mass is 16.5. The van der Waals surface area contributed by atoms with Gasteiger partial charge in [-0.15, -0.1) is 0 Å². The van der Waals surface area contributed by atoms with Crippen LogP contribution in [0, 0.1) is 6.92 Å². The van der Waals surface area contributed by atoms with Gasteiger partial charge in [0.05, 0.1) is 6.10 Å². The Balaban J connectivity index is 1.47. The minimum absolute atomic E-state index is 0.490. The van der Waals surface area contributed by atoms with Crippen LogP contribution in [0.15, 0.2) is 9.52 Å². The lowest BCUT2D eigenvalue weighted by Gasteiger charge is -2.22. The van der Waals surface area contributed by atoms with Gasteiger partial charge in [-0.2, -0.15) is 4.98 Å². The van der Waals surface area contributed by atoms with Crippen molar-refractivity contribution in [2.45, 2.75) is 64.4 Å². The van der Waals surface area contributed by atoms with Gasteiger partial charge in [-0.05, 0) is 32.6 Å². The summed E-state index contributed by atoms with van der Waals surface area (Å²) in [4.78, 5) is 8.42. The van der Waals surface area contributed by atoms with Gasteiger partial charge in [-0.1, -0.05) is 24.4 Å².